The number of rotatable bonds is 4. The van der Waals surface area contributed by atoms with Crippen LogP contribution in [-0.2, 0) is 10.8 Å². The lowest BCUT2D eigenvalue weighted by Gasteiger charge is -2.33. The van der Waals surface area contributed by atoms with Gasteiger partial charge in [0.1, 0.15) is 0 Å². The minimum Gasteiger partial charge on any atom is -0.309 e. The van der Waals surface area contributed by atoms with Crippen molar-refractivity contribution < 1.29 is 0 Å². The summed E-state index contributed by atoms with van der Waals surface area (Å²) in [5, 5.41) is 0. The lowest BCUT2D eigenvalue weighted by Crippen LogP contribution is -2.26. The number of anilines is 3. The highest BCUT2D eigenvalue weighted by Crippen LogP contribution is 2.65. The lowest BCUT2D eigenvalue weighted by atomic mass is 9.70. The summed E-state index contributed by atoms with van der Waals surface area (Å²) in [6, 6.07) is 61.5. The molecule has 7 aromatic carbocycles. The van der Waals surface area contributed by atoms with Gasteiger partial charge < -0.3 is 4.90 Å². The predicted molar refractivity (Wildman–Crippen MR) is 226 cm³/mol. The highest BCUT2D eigenvalue weighted by molar-refractivity contribution is 6.02. The summed E-state index contributed by atoms with van der Waals surface area (Å²) in [5.74, 6) is 0.521. The van der Waals surface area contributed by atoms with Gasteiger partial charge in [0.05, 0.1) is 16.8 Å². The van der Waals surface area contributed by atoms with Gasteiger partial charge in [-0.3, -0.25) is 0 Å². The number of hydrogen-bond acceptors (Lipinski definition) is 1. The molecule has 1 unspecified atom stereocenters. The van der Waals surface area contributed by atoms with Crippen LogP contribution in [0.2, 0.25) is 0 Å². The molecular formula is C53H41N. The number of fused-ring (bicyclic) bond motifs is 12. The monoisotopic (exact) mass is 691 g/mol. The first-order valence-corrected chi connectivity index (χ1v) is 19.4. The Morgan fingerprint density at radius 3 is 1.80 bits per heavy atom. The summed E-state index contributed by atoms with van der Waals surface area (Å²) in [6.07, 6.45) is 5.84. The van der Waals surface area contributed by atoms with E-state index in [4.69, 9.17) is 0 Å². The number of hydrogen-bond donors (Lipinski definition) is 0. The van der Waals surface area contributed by atoms with Crippen molar-refractivity contribution in [2.24, 2.45) is 5.92 Å². The minimum atomic E-state index is -0.412. The molecule has 0 saturated heterocycles. The van der Waals surface area contributed by atoms with E-state index in [1.54, 1.807) is 5.57 Å². The zero-order valence-electron chi connectivity index (χ0n) is 31.0. The Bertz CT molecular complexity index is 2700. The lowest BCUT2D eigenvalue weighted by molar-refractivity contribution is 0.530. The van der Waals surface area contributed by atoms with Crippen LogP contribution in [0.25, 0.3) is 39.0 Å². The number of nitrogens with zero attached hydrogens (tertiary/aromatic N) is 1. The average molecular weight is 692 g/mol. The first-order valence-electron chi connectivity index (χ1n) is 19.4. The van der Waals surface area contributed by atoms with Crippen LogP contribution in [0.15, 0.2) is 182 Å². The Hall–Kier alpha value is -6.18. The summed E-state index contributed by atoms with van der Waals surface area (Å²) >= 11 is 0. The second-order valence-corrected chi connectivity index (χ2v) is 16.0. The molecule has 0 bridgehead atoms. The fourth-order valence-corrected chi connectivity index (χ4v) is 10.9. The van der Waals surface area contributed by atoms with E-state index in [9.17, 15) is 0 Å². The molecule has 0 saturated carbocycles. The van der Waals surface area contributed by atoms with Crippen molar-refractivity contribution in [2.75, 3.05) is 4.90 Å². The van der Waals surface area contributed by atoms with E-state index in [1.807, 2.05) is 0 Å². The smallest absolute Gasteiger partial charge is 0.0726 e. The first kappa shape index (κ1) is 31.4. The van der Waals surface area contributed by atoms with Gasteiger partial charge in [-0.05, 0) is 103 Å². The Morgan fingerprint density at radius 1 is 0.500 bits per heavy atom. The SMILES string of the molecule is CC1CC=CC2=C1C(C)(C)c1cc(N(c3ccccc3-c3ccccc3)c3cccc4c3-c3ccccc3C43c4ccccc4-c4ccccc43)ccc12. The molecule has 1 nitrogen and oxygen atoms in total. The molecule has 4 aliphatic carbocycles. The molecule has 4 aliphatic rings. The molecule has 0 N–H and O–H groups in total. The van der Waals surface area contributed by atoms with Gasteiger partial charge >= 0.3 is 0 Å². The Kier molecular flexibility index (Phi) is 6.62. The molecule has 11 rings (SSSR count). The summed E-state index contributed by atoms with van der Waals surface area (Å²) in [6.45, 7) is 7.27. The van der Waals surface area contributed by atoms with Gasteiger partial charge in [-0.1, -0.05) is 172 Å². The molecular weight excluding hydrogens is 651 g/mol. The summed E-state index contributed by atoms with van der Waals surface area (Å²) in [7, 11) is 0. The van der Waals surface area contributed by atoms with Crippen molar-refractivity contribution in [1.29, 1.82) is 0 Å². The third kappa shape index (κ3) is 4.05. The van der Waals surface area contributed by atoms with Crippen molar-refractivity contribution in [3.63, 3.8) is 0 Å². The standard InChI is InChI=1S/C53H41N/c1-34-17-15-24-41-40-32-31-36(33-47(40)52(2,3)51(34)41)54(48-29-14-10-20-37(48)35-18-5-4-6-19-35)49-30-16-28-46-50(49)42-23-9-13-27-45(42)53(46)43-25-11-7-21-38(43)39-22-8-12-26-44(39)53/h4-16,18-34H,17H2,1-3H3. The Morgan fingerprint density at radius 2 is 1.07 bits per heavy atom. The van der Waals surface area contributed by atoms with Crippen molar-refractivity contribution in [1.82, 2.24) is 0 Å². The molecule has 0 heterocycles. The van der Waals surface area contributed by atoms with Crippen LogP contribution in [0.1, 0.15) is 60.6 Å². The van der Waals surface area contributed by atoms with Crippen molar-refractivity contribution in [3.05, 3.63) is 215 Å². The highest BCUT2D eigenvalue weighted by Gasteiger charge is 2.52. The second-order valence-electron chi connectivity index (χ2n) is 16.0. The molecule has 0 fully saturated rings. The van der Waals surface area contributed by atoms with E-state index in [1.165, 1.54) is 89.4 Å². The molecule has 1 atom stereocenters. The molecule has 0 amide bonds. The Labute approximate surface area is 318 Å². The largest absolute Gasteiger partial charge is 0.309 e. The van der Waals surface area contributed by atoms with Gasteiger partial charge in [0.25, 0.3) is 0 Å². The van der Waals surface area contributed by atoms with Gasteiger partial charge in [0.2, 0.25) is 0 Å². The molecule has 7 aromatic rings. The molecule has 1 heteroatoms. The molecule has 0 radical (unpaired) electrons. The topological polar surface area (TPSA) is 3.24 Å². The maximum atomic E-state index is 2.57. The zero-order chi connectivity index (χ0) is 36.2. The molecule has 1 spiro atoms. The summed E-state index contributed by atoms with van der Waals surface area (Å²) < 4.78 is 0. The van der Waals surface area contributed by atoms with Crippen molar-refractivity contribution in [3.8, 4) is 33.4 Å². The first-order chi connectivity index (χ1) is 26.5. The van der Waals surface area contributed by atoms with Crippen LogP contribution >= 0.6 is 0 Å². The molecule has 0 aromatic heterocycles. The summed E-state index contributed by atoms with van der Waals surface area (Å²) in [5.41, 5.74) is 22.0. The normalized spacial score (nSPS) is 17.4. The van der Waals surface area contributed by atoms with E-state index in [-0.39, 0.29) is 5.41 Å². The fraction of sp³-hybridized carbons (Fsp3) is 0.132. The third-order valence-corrected chi connectivity index (χ3v) is 12.9. The van der Waals surface area contributed by atoms with Gasteiger partial charge in [0, 0.05) is 22.2 Å². The van der Waals surface area contributed by atoms with E-state index in [0.29, 0.717) is 5.92 Å². The highest BCUT2D eigenvalue weighted by atomic mass is 15.1. The quantitative estimate of drug-likeness (QED) is 0.178. The maximum absolute atomic E-state index is 2.57. The Balaban J connectivity index is 1.22. The van der Waals surface area contributed by atoms with Crippen LogP contribution < -0.4 is 4.90 Å². The van der Waals surface area contributed by atoms with Crippen molar-refractivity contribution >= 4 is 22.6 Å². The van der Waals surface area contributed by atoms with Crippen LogP contribution in [0.3, 0.4) is 0 Å². The van der Waals surface area contributed by atoms with E-state index in [0.717, 1.165) is 6.42 Å². The van der Waals surface area contributed by atoms with Crippen LogP contribution in [-0.4, -0.2) is 0 Å². The minimum absolute atomic E-state index is 0.0674. The van der Waals surface area contributed by atoms with Crippen LogP contribution in [0, 0.1) is 5.92 Å². The van der Waals surface area contributed by atoms with E-state index >= 15 is 0 Å². The molecule has 258 valence electrons. The molecule has 0 aliphatic heterocycles. The number of para-hydroxylation sites is 1. The summed E-state index contributed by atoms with van der Waals surface area (Å²) in [4.78, 5) is 2.57. The predicted octanol–water partition coefficient (Wildman–Crippen LogP) is 13.8. The molecule has 54 heavy (non-hydrogen) atoms. The fourth-order valence-electron chi connectivity index (χ4n) is 10.9. The third-order valence-electron chi connectivity index (χ3n) is 12.9. The zero-order valence-corrected chi connectivity index (χ0v) is 31.0. The van der Waals surface area contributed by atoms with Crippen molar-refractivity contribution in [2.45, 2.75) is 38.0 Å². The van der Waals surface area contributed by atoms with E-state index in [2.05, 4.69) is 202 Å². The van der Waals surface area contributed by atoms with E-state index < -0.39 is 5.41 Å². The number of benzene rings is 7. The van der Waals surface area contributed by atoms with Crippen LogP contribution in [0.5, 0.6) is 0 Å². The maximum Gasteiger partial charge on any atom is 0.0726 e. The average Bonchev–Trinajstić information content (AvgIpc) is 3.78. The van der Waals surface area contributed by atoms with Crippen LogP contribution in [0.4, 0.5) is 17.1 Å². The number of allylic oxidation sites excluding steroid dienone is 4. The van der Waals surface area contributed by atoms with Gasteiger partial charge in [0.15, 0.2) is 0 Å². The van der Waals surface area contributed by atoms with Gasteiger partial charge in [-0.15, -0.1) is 0 Å². The van der Waals surface area contributed by atoms with Gasteiger partial charge in [-0.2, -0.15) is 0 Å². The second kappa shape index (κ2) is 11.4. The van der Waals surface area contributed by atoms with Gasteiger partial charge in [-0.25, -0.2) is 0 Å².